The number of benzene rings is 1. The van der Waals surface area contributed by atoms with E-state index in [1.54, 1.807) is 20.0 Å². The molecule has 12 heteroatoms. The van der Waals surface area contributed by atoms with Crippen molar-refractivity contribution in [3.8, 4) is 0 Å². The number of carbonyl (C=O) groups excluding carboxylic acids is 3. The van der Waals surface area contributed by atoms with E-state index in [1.807, 2.05) is 30.5 Å². The van der Waals surface area contributed by atoms with Gasteiger partial charge in [0.1, 0.15) is 18.1 Å². The van der Waals surface area contributed by atoms with E-state index in [0.29, 0.717) is 5.75 Å². The second kappa shape index (κ2) is 14.1. The van der Waals surface area contributed by atoms with Crippen LogP contribution in [-0.4, -0.2) is 75.7 Å². The molecule has 1 heterocycles. The van der Waals surface area contributed by atoms with Crippen LogP contribution in [0.4, 0.5) is 0 Å². The van der Waals surface area contributed by atoms with E-state index in [2.05, 4.69) is 33.6 Å². The Bertz CT molecular complexity index is 1060. The van der Waals surface area contributed by atoms with E-state index in [0.717, 1.165) is 16.5 Å². The summed E-state index contributed by atoms with van der Waals surface area (Å²) in [5, 5.41) is 18.1. The van der Waals surface area contributed by atoms with Crippen LogP contribution in [0.25, 0.3) is 10.9 Å². The summed E-state index contributed by atoms with van der Waals surface area (Å²) in [6.07, 6.45) is 4.16. The van der Waals surface area contributed by atoms with Crippen LogP contribution in [0.15, 0.2) is 30.5 Å². The molecule has 2 aromatic rings. The van der Waals surface area contributed by atoms with Crippen LogP contribution in [-0.2, 0) is 25.6 Å². The first-order chi connectivity index (χ1) is 17.1. The average molecular weight is 538 g/mol. The molecular weight excluding hydrogens is 502 g/mol. The van der Waals surface area contributed by atoms with Crippen molar-refractivity contribution in [2.45, 2.75) is 50.9 Å². The average Bonchev–Trinajstić information content (AvgIpc) is 3.25. The fourth-order valence-corrected chi connectivity index (χ4v) is 4.37. The molecule has 4 atom stereocenters. The van der Waals surface area contributed by atoms with Crippen LogP contribution >= 0.6 is 24.4 Å². The van der Waals surface area contributed by atoms with Gasteiger partial charge >= 0.3 is 5.97 Å². The summed E-state index contributed by atoms with van der Waals surface area (Å²) in [5.41, 5.74) is 7.93. The molecule has 0 aliphatic carbocycles. The third-order valence-electron chi connectivity index (χ3n) is 5.74. The van der Waals surface area contributed by atoms with Crippen molar-refractivity contribution in [1.82, 2.24) is 20.9 Å². The predicted molar refractivity (Wildman–Crippen MR) is 145 cm³/mol. The van der Waals surface area contributed by atoms with E-state index in [9.17, 15) is 24.3 Å². The number of aliphatic carboxylic acids is 1. The molecule has 1 aromatic heterocycles. The highest BCUT2D eigenvalue weighted by Gasteiger charge is 2.31. The molecule has 0 radical (unpaired) electrons. The maximum atomic E-state index is 12.9. The van der Waals surface area contributed by atoms with Crippen LogP contribution in [0.2, 0.25) is 0 Å². The largest absolute Gasteiger partial charge is 0.480 e. The molecule has 0 aliphatic heterocycles. The summed E-state index contributed by atoms with van der Waals surface area (Å²) in [6, 6.07) is 3.67. The quantitative estimate of drug-likeness (QED) is 0.176. The second-order valence-corrected chi connectivity index (χ2v) is 10.2. The van der Waals surface area contributed by atoms with E-state index in [4.69, 9.17) is 5.73 Å². The summed E-state index contributed by atoms with van der Waals surface area (Å²) >= 11 is 5.65. The van der Waals surface area contributed by atoms with Crippen molar-refractivity contribution < 1.29 is 24.3 Å². The number of thiol groups is 1. The van der Waals surface area contributed by atoms with Crippen LogP contribution < -0.4 is 21.7 Å². The molecule has 0 saturated heterocycles. The monoisotopic (exact) mass is 537 g/mol. The highest BCUT2D eigenvalue weighted by Crippen LogP contribution is 2.18. The first kappa shape index (κ1) is 29.5. The minimum absolute atomic E-state index is 0.0186. The van der Waals surface area contributed by atoms with Gasteiger partial charge in [-0.05, 0) is 42.4 Å². The number of hydrogen-bond acceptors (Lipinski definition) is 7. The summed E-state index contributed by atoms with van der Waals surface area (Å²) in [4.78, 5) is 53.1. The van der Waals surface area contributed by atoms with Gasteiger partial charge in [0, 0.05) is 22.9 Å². The molecule has 4 unspecified atom stereocenters. The highest BCUT2D eigenvalue weighted by atomic mass is 32.2. The molecule has 10 nitrogen and oxygen atoms in total. The summed E-state index contributed by atoms with van der Waals surface area (Å²) < 4.78 is 0. The zero-order chi connectivity index (χ0) is 26.8. The van der Waals surface area contributed by atoms with Gasteiger partial charge in [0.25, 0.3) is 0 Å². The van der Waals surface area contributed by atoms with Crippen molar-refractivity contribution in [1.29, 1.82) is 0 Å². The van der Waals surface area contributed by atoms with Crippen molar-refractivity contribution in [3.05, 3.63) is 36.0 Å². The fourth-order valence-electron chi connectivity index (χ4n) is 3.65. The third kappa shape index (κ3) is 8.17. The molecule has 7 N–H and O–H groups in total. The lowest BCUT2D eigenvalue weighted by Gasteiger charge is -2.26. The number of aromatic amines is 1. The maximum Gasteiger partial charge on any atom is 0.326 e. The number of H-pyrrole nitrogens is 1. The number of rotatable bonds is 14. The topological polar surface area (TPSA) is 166 Å². The molecule has 198 valence electrons. The fraction of sp³-hybridized carbons (Fsp3) is 0.500. The van der Waals surface area contributed by atoms with E-state index in [1.165, 1.54) is 11.8 Å². The SMILES string of the molecule is CSCCC(NC(=O)C(NC(=O)C(CS)NC(=O)C(N)Cc1c[nH]c2ccccc12)C(C)C)C(=O)O. The molecule has 2 rings (SSSR count). The number of nitrogens with two attached hydrogens (primary N) is 1. The Morgan fingerprint density at radius 3 is 2.33 bits per heavy atom. The van der Waals surface area contributed by atoms with Gasteiger partial charge in [-0.3, -0.25) is 14.4 Å². The number of carboxylic acids is 1. The van der Waals surface area contributed by atoms with E-state index >= 15 is 0 Å². The van der Waals surface area contributed by atoms with Crippen LogP contribution in [0, 0.1) is 5.92 Å². The van der Waals surface area contributed by atoms with Gasteiger partial charge in [-0.1, -0.05) is 32.0 Å². The van der Waals surface area contributed by atoms with Crippen molar-refractivity contribution in [2.24, 2.45) is 11.7 Å². The number of aromatic nitrogens is 1. The molecule has 0 bridgehead atoms. The summed E-state index contributed by atoms with van der Waals surface area (Å²) in [6.45, 7) is 3.46. The number of carboxylic acid groups (broad SMARTS) is 1. The molecule has 0 spiro atoms. The van der Waals surface area contributed by atoms with Gasteiger partial charge in [-0.2, -0.15) is 24.4 Å². The Morgan fingerprint density at radius 2 is 1.72 bits per heavy atom. The predicted octanol–water partition coefficient (Wildman–Crippen LogP) is 0.916. The van der Waals surface area contributed by atoms with Crippen LogP contribution in [0.1, 0.15) is 25.8 Å². The number of amides is 3. The second-order valence-electron chi connectivity index (χ2n) is 8.83. The Labute approximate surface area is 220 Å². The molecule has 0 aliphatic rings. The number of fused-ring (bicyclic) bond motifs is 1. The normalized spacial score (nSPS) is 14.6. The van der Waals surface area contributed by atoms with Crippen LogP contribution in [0.5, 0.6) is 0 Å². The lowest BCUT2D eigenvalue weighted by atomic mass is 10.0. The lowest BCUT2D eigenvalue weighted by molar-refractivity contribution is -0.142. The number of carbonyl (C=O) groups is 4. The number of thioether (sulfide) groups is 1. The minimum Gasteiger partial charge on any atom is -0.480 e. The van der Waals surface area contributed by atoms with Gasteiger partial charge in [-0.15, -0.1) is 0 Å². The highest BCUT2D eigenvalue weighted by molar-refractivity contribution is 7.98. The lowest BCUT2D eigenvalue weighted by Crippen LogP contribution is -2.59. The molecule has 1 aromatic carbocycles. The van der Waals surface area contributed by atoms with E-state index in [-0.39, 0.29) is 24.5 Å². The smallest absolute Gasteiger partial charge is 0.326 e. The Kier molecular flexibility index (Phi) is 11.6. The standard InChI is InChI=1S/C24H35N5O5S2/c1-13(2)20(23(32)27-18(24(33)34)8-9-36-3)29-22(31)19(12-35)28-21(30)16(25)10-14-11-26-17-7-5-4-6-15(14)17/h4-7,11,13,16,18-20,26,35H,8-10,12,25H2,1-3H3,(H,27,32)(H,28,30)(H,29,31)(H,33,34). The zero-order valence-electron chi connectivity index (χ0n) is 20.6. The van der Waals surface area contributed by atoms with Gasteiger partial charge in [0.05, 0.1) is 6.04 Å². The zero-order valence-corrected chi connectivity index (χ0v) is 22.3. The maximum absolute atomic E-state index is 12.9. The first-order valence-corrected chi connectivity index (χ1v) is 13.7. The van der Waals surface area contributed by atoms with Gasteiger partial charge in [-0.25, -0.2) is 4.79 Å². The number of nitrogens with one attached hydrogen (secondary N) is 4. The molecule has 3 amide bonds. The van der Waals surface area contributed by atoms with Gasteiger partial charge in [0.15, 0.2) is 0 Å². The van der Waals surface area contributed by atoms with Crippen molar-refractivity contribution >= 4 is 59.0 Å². The molecule has 36 heavy (non-hydrogen) atoms. The third-order valence-corrected chi connectivity index (χ3v) is 6.75. The molecule has 0 saturated carbocycles. The summed E-state index contributed by atoms with van der Waals surface area (Å²) in [7, 11) is 0. The molecule has 0 fully saturated rings. The number of hydrogen-bond donors (Lipinski definition) is 7. The Hall–Kier alpha value is -2.70. The summed E-state index contributed by atoms with van der Waals surface area (Å²) in [5.74, 6) is -2.67. The minimum atomic E-state index is -1.14. The Balaban J connectivity index is 2.01. The first-order valence-electron chi connectivity index (χ1n) is 11.6. The number of para-hydroxylation sites is 1. The van der Waals surface area contributed by atoms with E-state index < -0.39 is 47.9 Å². The van der Waals surface area contributed by atoms with Gasteiger partial charge < -0.3 is 31.8 Å². The Morgan fingerprint density at radius 1 is 1.06 bits per heavy atom. The van der Waals surface area contributed by atoms with Crippen molar-refractivity contribution in [2.75, 3.05) is 17.8 Å². The van der Waals surface area contributed by atoms with Gasteiger partial charge in [0.2, 0.25) is 17.7 Å². The van der Waals surface area contributed by atoms with Crippen molar-refractivity contribution in [3.63, 3.8) is 0 Å². The van der Waals surface area contributed by atoms with Crippen LogP contribution in [0.3, 0.4) is 0 Å². The molecular formula is C24H35N5O5S2.